The molecule has 0 fully saturated rings. The van der Waals surface area contributed by atoms with Crippen LogP contribution >= 0.6 is 0 Å². The molecule has 0 saturated carbocycles. The number of carbonyl (C=O) groups is 1. The van der Waals surface area contributed by atoms with Gasteiger partial charge in [-0.3, -0.25) is 9.36 Å². The topological polar surface area (TPSA) is 87.4 Å². The van der Waals surface area contributed by atoms with Gasteiger partial charge < -0.3 is 4.57 Å². The number of nitriles is 2. The third-order valence-electron chi connectivity index (χ3n) is 5.83. The molecule has 32 heavy (non-hydrogen) atoms. The van der Waals surface area contributed by atoms with Crippen LogP contribution in [0, 0.1) is 29.6 Å². The molecule has 6 heteroatoms. The number of hydrogen-bond donors (Lipinski definition) is 0. The van der Waals surface area contributed by atoms with E-state index in [1.807, 2.05) is 71.6 Å². The summed E-state index contributed by atoms with van der Waals surface area (Å²) in [6, 6.07) is 22.7. The van der Waals surface area contributed by atoms with E-state index in [0.29, 0.717) is 22.3 Å². The van der Waals surface area contributed by atoms with Gasteiger partial charge in [-0.05, 0) is 36.8 Å². The molecule has 0 amide bonds. The fourth-order valence-corrected chi connectivity index (χ4v) is 4.21. The van der Waals surface area contributed by atoms with Gasteiger partial charge in [0.05, 0.1) is 11.2 Å². The quantitative estimate of drug-likeness (QED) is 0.349. The summed E-state index contributed by atoms with van der Waals surface area (Å²) >= 11 is 0. The van der Waals surface area contributed by atoms with Crippen LogP contribution in [-0.4, -0.2) is 19.9 Å². The summed E-state index contributed by atoms with van der Waals surface area (Å²) in [6.45, 7) is 1.94. The van der Waals surface area contributed by atoms with Crippen LogP contribution in [-0.2, 0) is 7.05 Å². The maximum absolute atomic E-state index is 13.3. The van der Waals surface area contributed by atoms with Gasteiger partial charge in [0.25, 0.3) is 0 Å². The van der Waals surface area contributed by atoms with Crippen molar-refractivity contribution in [1.29, 1.82) is 10.5 Å². The lowest BCUT2D eigenvalue weighted by molar-refractivity contribution is 0.104. The standard InChI is InChI=1S/C26H17N5O/c1-16-29-26-23(30(16)2)13-19(31(26)18-8-4-3-5-9-18)12-22-24(17(14-27)15-28)20-10-6-7-11-21(20)25(22)32/h3-13H,1-2H3/b22-12-. The molecule has 2 aromatic heterocycles. The number of Topliss-reactive ketones (excluding diaryl/α,β-unsaturated/α-hetero) is 1. The van der Waals surface area contributed by atoms with E-state index in [1.165, 1.54) is 0 Å². The number of fused-ring (bicyclic) bond motifs is 2. The first-order valence-electron chi connectivity index (χ1n) is 10.1. The van der Waals surface area contributed by atoms with E-state index in [2.05, 4.69) is 0 Å². The molecule has 1 aliphatic carbocycles. The molecule has 0 bridgehead atoms. The lowest BCUT2D eigenvalue weighted by Crippen LogP contribution is -2.00. The highest BCUT2D eigenvalue weighted by Gasteiger charge is 2.32. The van der Waals surface area contributed by atoms with E-state index in [9.17, 15) is 15.3 Å². The van der Waals surface area contributed by atoms with Gasteiger partial charge in [-0.2, -0.15) is 10.5 Å². The number of para-hydroxylation sites is 1. The Kier molecular flexibility index (Phi) is 4.36. The molecule has 0 N–H and O–H groups in total. The number of ketones is 1. The van der Waals surface area contributed by atoms with Crippen LogP contribution < -0.4 is 0 Å². The Labute approximate surface area is 184 Å². The molecular formula is C26H17N5O. The van der Waals surface area contributed by atoms with E-state index < -0.39 is 0 Å². The Morgan fingerprint density at radius 1 is 1.00 bits per heavy atom. The van der Waals surface area contributed by atoms with Crippen LogP contribution in [0.5, 0.6) is 0 Å². The van der Waals surface area contributed by atoms with Gasteiger partial charge in [0.2, 0.25) is 0 Å². The van der Waals surface area contributed by atoms with Gasteiger partial charge in [-0.1, -0.05) is 42.5 Å². The number of allylic oxidation sites excluding steroid dienone is 3. The second kappa shape index (κ2) is 7.23. The Bertz CT molecular complexity index is 1550. The van der Waals surface area contributed by atoms with Crippen LogP contribution in [0.3, 0.4) is 0 Å². The summed E-state index contributed by atoms with van der Waals surface area (Å²) in [6.07, 6.45) is 1.76. The molecule has 6 nitrogen and oxygen atoms in total. The fourth-order valence-electron chi connectivity index (χ4n) is 4.21. The normalized spacial score (nSPS) is 13.9. The largest absolute Gasteiger partial charge is 0.330 e. The summed E-state index contributed by atoms with van der Waals surface area (Å²) in [5.41, 5.74) is 5.09. The molecule has 0 unspecified atom stereocenters. The summed E-state index contributed by atoms with van der Waals surface area (Å²) in [7, 11) is 1.95. The second-order valence-electron chi connectivity index (χ2n) is 7.57. The average molecular weight is 415 g/mol. The molecule has 4 aromatic rings. The maximum Gasteiger partial charge on any atom is 0.194 e. The fraction of sp³-hybridized carbons (Fsp3) is 0.0769. The number of nitrogens with zero attached hydrogens (tertiary/aromatic N) is 5. The lowest BCUT2D eigenvalue weighted by Gasteiger charge is -2.08. The number of aryl methyl sites for hydroxylation is 2. The van der Waals surface area contributed by atoms with Gasteiger partial charge in [0, 0.05) is 29.4 Å². The number of benzene rings is 2. The van der Waals surface area contributed by atoms with Crippen LogP contribution in [0.2, 0.25) is 0 Å². The van der Waals surface area contributed by atoms with Gasteiger partial charge in [0.1, 0.15) is 23.5 Å². The summed E-state index contributed by atoms with van der Waals surface area (Å²) in [5.74, 6) is 0.674. The van der Waals surface area contributed by atoms with E-state index in [4.69, 9.17) is 4.98 Å². The van der Waals surface area contributed by atoms with Crippen molar-refractivity contribution in [3.05, 3.63) is 94.5 Å². The molecule has 0 saturated heterocycles. The number of hydrogen-bond acceptors (Lipinski definition) is 4. The number of rotatable bonds is 2. The highest BCUT2D eigenvalue weighted by molar-refractivity contribution is 6.29. The predicted octanol–water partition coefficient (Wildman–Crippen LogP) is 4.75. The molecular weight excluding hydrogens is 398 g/mol. The maximum atomic E-state index is 13.3. The van der Waals surface area contributed by atoms with Gasteiger partial charge in [0.15, 0.2) is 11.4 Å². The van der Waals surface area contributed by atoms with Crippen molar-refractivity contribution in [2.45, 2.75) is 6.92 Å². The van der Waals surface area contributed by atoms with Crippen LogP contribution in [0.1, 0.15) is 27.4 Å². The summed E-state index contributed by atoms with van der Waals surface area (Å²) < 4.78 is 3.98. The monoisotopic (exact) mass is 415 g/mol. The Morgan fingerprint density at radius 3 is 2.34 bits per heavy atom. The molecule has 152 valence electrons. The van der Waals surface area contributed by atoms with Gasteiger partial charge in [-0.15, -0.1) is 0 Å². The van der Waals surface area contributed by atoms with Gasteiger partial charge >= 0.3 is 0 Å². The van der Waals surface area contributed by atoms with Crippen LogP contribution in [0.15, 0.2) is 71.8 Å². The third kappa shape index (κ3) is 2.71. The van der Waals surface area contributed by atoms with Gasteiger partial charge in [-0.25, -0.2) is 4.98 Å². The van der Waals surface area contributed by atoms with E-state index >= 15 is 0 Å². The molecule has 0 spiro atoms. The van der Waals surface area contributed by atoms with Crippen molar-refractivity contribution in [2.24, 2.45) is 7.05 Å². The second-order valence-corrected chi connectivity index (χ2v) is 7.57. The summed E-state index contributed by atoms with van der Waals surface area (Å²) in [4.78, 5) is 18.0. The van der Waals surface area contributed by atoms with Crippen molar-refractivity contribution in [3.63, 3.8) is 0 Å². The molecule has 0 radical (unpaired) electrons. The smallest absolute Gasteiger partial charge is 0.194 e. The predicted molar refractivity (Wildman–Crippen MR) is 122 cm³/mol. The van der Waals surface area contributed by atoms with E-state index in [-0.39, 0.29) is 11.4 Å². The highest BCUT2D eigenvalue weighted by atomic mass is 16.1. The lowest BCUT2D eigenvalue weighted by atomic mass is 9.99. The summed E-state index contributed by atoms with van der Waals surface area (Å²) in [5, 5.41) is 19.2. The number of imidazole rings is 1. The molecule has 0 atom stereocenters. The van der Waals surface area contributed by atoms with E-state index in [0.717, 1.165) is 28.4 Å². The van der Waals surface area contributed by atoms with Crippen molar-refractivity contribution in [3.8, 4) is 17.8 Å². The van der Waals surface area contributed by atoms with Crippen molar-refractivity contribution in [2.75, 3.05) is 0 Å². The number of aromatic nitrogens is 3. The Balaban J connectivity index is 1.83. The molecule has 2 heterocycles. The third-order valence-corrected chi connectivity index (χ3v) is 5.83. The van der Waals surface area contributed by atoms with Crippen molar-refractivity contribution < 1.29 is 4.79 Å². The zero-order valence-electron chi connectivity index (χ0n) is 17.5. The SMILES string of the molecule is Cc1nc2c(cc(/C=C3\C(=O)c4ccccc4C3=C(C#N)C#N)n2-c2ccccc2)n1C. The van der Waals surface area contributed by atoms with Crippen LogP contribution in [0.25, 0.3) is 28.5 Å². The molecule has 1 aliphatic rings. The van der Waals surface area contributed by atoms with Crippen LogP contribution in [0.4, 0.5) is 0 Å². The van der Waals surface area contributed by atoms with Crippen molar-refractivity contribution in [1.82, 2.24) is 14.1 Å². The first-order valence-corrected chi connectivity index (χ1v) is 10.1. The first kappa shape index (κ1) is 19.3. The molecule has 5 rings (SSSR count). The molecule has 2 aromatic carbocycles. The Hall–Kier alpha value is -4.68. The Morgan fingerprint density at radius 2 is 1.66 bits per heavy atom. The average Bonchev–Trinajstić information content (AvgIpc) is 3.40. The highest BCUT2D eigenvalue weighted by Crippen LogP contribution is 2.40. The minimum atomic E-state index is -0.201. The zero-order valence-corrected chi connectivity index (χ0v) is 17.5. The first-order chi connectivity index (χ1) is 15.5. The van der Waals surface area contributed by atoms with E-state index in [1.54, 1.807) is 30.3 Å². The minimum absolute atomic E-state index is 0.0779. The van der Waals surface area contributed by atoms with Crippen molar-refractivity contribution >= 4 is 28.6 Å². The molecule has 0 aliphatic heterocycles. The number of carbonyl (C=O) groups excluding carboxylic acids is 1. The minimum Gasteiger partial charge on any atom is -0.330 e. The zero-order chi connectivity index (χ0) is 22.4.